The summed E-state index contributed by atoms with van der Waals surface area (Å²) in [5.74, 6) is 13.2. The topological polar surface area (TPSA) is 38.0 Å². The Kier molecular flexibility index (Phi) is 23.2. The lowest BCUT2D eigenvalue weighted by Crippen LogP contribution is -2.16. The van der Waals surface area contributed by atoms with Crippen LogP contribution in [-0.4, -0.2) is 19.6 Å². The van der Waals surface area contributed by atoms with Crippen LogP contribution in [0.1, 0.15) is 110 Å². The van der Waals surface area contributed by atoms with Crippen LogP contribution in [0.15, 0.2) is 0 Å². The van der Waals surface area contributed by atoms with E-state index in [0.717, 1.165) is 45.3 Å². The van der Waals surface area contributed by atoms with Crippen molar-refractivity contribution in [2.45, 2.75) is 110 Å². The average molecular weight is 361 g/mol. The van der Waals surface area contributed by atoms with Gasteiger partial charge < -0.3 is 11.1 Å². The van der Waals surface area contributed by atoms with Gasteiger partial charge in [-0.1, -0.05) is 45.4 Å². The zero-order valence-corrected chi connectivity index (χ0v) is 17.5. The lowest BCUT2D eigenvalue weighted by atomic mass is 10.1. The van der Waals surface area contributed by atoms with Gasteiger partial charge in [0.25, 0.3) is 0 Å². The zero-order valence-electron chi connectivity index (χ0n) is 17.5. The third-order valence-electron chi connectivity index (χ3n) is 4.47. The number of nitrogens with two attached hydrogens (primary N) is 1. The molecule has 0 saturated heterocycles. The predicted octanol–water partition coefficient (Wildman–Crippen LogP) is 5.80. The monoisotopic (exact) mass is 360 g/mol. The fraction of sp³-hybridized carbons (Fsp3) is 0.833. The van der Waals surface area contributed by atoms with Crippen LogP contribution in [0.25, 0.3) is 0 Å². The first-order valence-corrected chi connectivity index (χ1v) is 11.2. The highest BCUT2D eigenvalue weighted by molar-refractivity contribution is 4.99. The Hall–Kier alpha value is -0.960. The Bertz CT molecular complexity index is 380. The number of hydrogen-bond acceptors (Lipinski definition) is 2. The van der Waals surface area contributed by atoms with Gasteiger partial charge in [0.2, 0.25) is 0 Å². The number of nitrogens with one attached hydrogen (secondary N) is 1. The van der Waals surface area contributed by atoms with Gasteiger partial charge in [0.1, 0.15) is 0 Å². The predicted molar refractivity (Wildman–Crippen MR) is 117 cm³/mol. The van der Waals surface area contributed by atoms with E-state index in [-0.39, 0.29) is 0 Å². The molecule has 0 fully saturated rings. The van der Waals surface area contributed by atoms with E-state index in [0.29, 0.717) is 0 Å². The van der Waals surface area contributed by atoms with E-state index in [1.165, 1.54) is 77.0 Å². The van der Waals surface area contributed by atoms with Crippen LogP contribution in [-0.2, 0) is 0 Å². The Labute approximate surface area is 164 Å². The van der Waals surface area contributed by atoms with Gasteiger partial charge in [0.15, 0.2) is 0 Å². The fourth-order valence-electron chi connectivity index (χ4n) is 2.75. The summed E-state index contributed by atoms with van der Waals surface area (Å²) in [7, 11) is 0. The Balaban J connectivity index is 3.13. The smallest absolute Gasteiger partial charge is 0.0101 e. The maximum Gasteiger partial charge on any atom is 0.0101 e. The third-order valence-corrected chi connectivity index (χ3v) is 4.47. The first-order chi connectivity index (χ1) is 12.9. The lowest BCUT2D eigenvalue weighted by molar-refractivity contribution is 0.583. The van der Waals surface area contributed by atoms with E-state index >= 15 is 0 Å². The molecule has 0 radical (unpaired) electrons. The summed E-state index contributed by atoms with van der Waals surface area (Å²) in [6.45, 7) is 5.31. The molecule has 0 rings (SSSR count). The molecular weight excluding hydrogens is 316 g/mol. The Morgan fingerprint density at radius 2 is 1.00 bits per heavy atom. The summed E-state index contributed by atoms with van der Waals surface area (Å²) in [6.07, 6.45) is 19.5. The molecule has 0 amide bonds. The van der Waals surface area contributed by atoms with Crippen molar-refractivity contribution >= 4 is 0 Å². The van der Waals surface area contributed by atoms with Gasteiger partial charge in [0.05, 0.1) is 0 Å². The van der Waals surface area contributed by atoms with Crippen molar-refractivity contribution in [1.82, 2.24) is 5.32 Å². The van der Waals surface area contributed by atoms with E-state index in [9.17, 15) is 0 Å². The zero-order chi connectivity index (χ0) is 19.0. The standard InChI is InChI=1S/C24H44N2/c1-2-3-4-5-6-7-11-14-17-20-23-26-24-21-18-15-12-9-8-10-13-16-19-22-25/h26H,2-4,7-11,13-14,16-25H2,1H3. The number of hydrogen-bond donors (Lipinski definition) is 2. The van der Waals surface area contributed by atoms with Crippen molar-refractivity contribution in [2.24, 2.45) is 5.73 Å². The summed E-state index contributed by atoms with van der Waals surface area (Å²) in [5.41, 5.74) is 5.49. The van der Waals surface area contributed by atoms with Gasteiger partial charge in [-0.3, -0.25) is 0 Å². The normalized spacial score (nSPS) is 10.1. The first-order valence-electron chi connectivity index (χ1n) is 11.2. The molecule has 0 heterocycles. The molecule has 0 aromatic rings. The molecule has 0 aromatic carbocycles. The minimum absolute atomic E-state index is 0.836. The van der Waals surface area contributed by atoms with E-state index in [2.05, 4.69) is 35.9 Å². The molecule has 3 N–H and O–H groups in total. The van der Waals surface area contributed by atoms with Gasteiger partial charge in [0, 0.05) is 25.7 Å². The summed E-state index contributed by atoms with van der Waals surface area (Å²) >= 11 is 0. The summed E-state index contributed by atoms with van der Waals surface area (Å²) < 4.78 is 0. The molecule has 0 aliphatic carbocycles. The summed E-state index contributed by atoms with van der Waals surface area (Å²) in [5, 5.41) is 3.54. The van der Waals surface area contributed by atoms with Crippen LogP contribution in [0.4, 0.5) is 0 Å². The van der Waals surface area contributed by atoms with Crippen LogP contribution in [0, 0.1) is 23.7 Å². The molecule has 0 bridgehead atoms. The van der Waals surface area contributed by atoms with Crippen molar-refractivity contribution in [3.8, 4) is 23.7 Å². The molecule has 0 aliphatic rings. The van der Waals surface area contributed by atoms with Crippen LogP contribution < -0.4 is 11.1 Å². The minimum Gasteiger partial charge on any atom is -0.330 e. The molecule has 26 heavy (non-hydrogen) atoms. The second kappa shape index (κ2) is 24.0. The quantitative estimate of drug-likeness (QED) is 0.254. The molecule has 2 nitrogen and oxygen atoms in total. The molecule has 150 valence electrons. The highest BCUT2D eigenvalue weighted by Crippen LogP contribution is 2.04. The molecule has 0 unspecified atom stereocenters. The van der Waals surface area contributed by atoms with Crippen molar-refractivity contribution in [2.75, 3.05) is 19.6 Å². The molecule has 2 heteroatoms. The van der Waals surface area contributed by atoms with Crippen molar-refractivity contribution in [1.29, 1.82) is 0 Å². The highest BCUT2D eigenvalue weighted by atomic mass is 14.8. The Morgan fingerprint density at radius 1 is 0.538 bits per heavy atom. The Morgan fingerprint density at radius 3 is 1.62 bits per heavy atom. The van der Waals surface area contributed by atoms with Crippen LogP contribution in [0.2, 0.25) is 0 Å². The molecule has 0 aromatic heterocycles. The lowest BCUT2D eigenvalue weighted by Gasteiger charge is -2.02. The van der Waals surface area contributed by atoms with Crippen LogP contribution >= 0.6 is 0 Å². The summed E-state index contributed by atoms with van der Waals surface area (Å²) in [6, 6.07) is 0. The number of unbranched alkanes of at least 4 members (excludes halogenated alkanes) is 12. The second-order valence-electron chi connectivity index (χ2n) is 7.13. The second-order valence-corrected chi connectivity index (χ2v) is 7.13. The first kappa shape index (κ1) is 25.0. The van der Waals surface area contributed by atoms with Gasteiger partial charge in [-0.25, -0.2) is 0 Å². The molecule has 0 aliphatic heterocycles. The average Bonchev–Trinajstić information content (AvgIpc) is 2.66. The van der Waals surface area contributed by atoms with Gasteiger partial charge in [-0.2, -0.15) is 0 Å². The fourth-order valence-corrected chi connectivity index (χ4v) is 2.75. The van der Waals surface area contributed by atoms with Crippen molar-refractivity contribution in [3.63, 3.8) is 0 Å². The maximum atomic E-state index is 5.49. The highest BCUT2D eigenvalue weighted by Gasteiger charge is 1.91. The largest absolute Gasteiger partial charge is 0.330 e. The van der Waals surface area contributed by atoms with Crippen molar-refractivity contribution < 1.29 is 0 Å². The van der Waals surface area contributed by atoms with E-state index in [1.54, 1.807) is 0 Å². The maximum absolute atomic E-state index is 5.49. The van der Waals surface area contributed by atoms with Gasteiger partial charge in [-0.05, 0) is 58.2 Å². The molecule has 0 spiro atoms. The van der Waals surface area contributed by atoms with Gasteiger partial charge in [-0.15, -0.1) is 23.7 Å². The molecular formula is C24H44N2. The van der Waals surface area contributed by atoms with Gasteiger partial charge >= 0.3 is 0 Å². The SMILES string of the molecule is CCCCC#CCCCCCCNCCCC#CCCCCCCCN. The van der Waals surface area contributed by atoms with E-state index in [1.807, 2.05) is 0 Å². The molecule has 0 atom stereocenters. The van der Waals surface area contributed by atoms with E-state index < -0.39 is 0 Å². The van der Waals surface area contributed by atoms with Crippen LogP contribution in [0.5, 0.6) is 0 Å². The summed E-state index contributed by atoms with van der Waals surface area (Å²) in [4.78, 5) is 0. The van der Waals surface area contributed by atoms with Crippen LogP contribution in [0.3, 0.4) is 0 Å². The number of rotatable bonds is 17. The van der Waals surface area contributed by atoms with E-state index in [4.69, 9.17) is 5.73 Å². The van der Waals surface area contributed by atoms with Crippen molar-refractivity contribution in [3.05, 3.63) is 0 Å². The molecule has 0 saturated carbocycles. The third kappa shape index (κ3) is 23.0. The minimum atomic E-state index is 0.836.